The van der Waals surface area contributed by atoms with Crippen LogP contribution in [0.25, 0.3) is 0 Å². The molecule has 3 aliphatic heterocycles. The number of para-hydroxylation sites is 2. The summed E-state index contributed by atoms with van der Waals surface area (Å²) in [6, 6.07) is 22.6. The number of ether oxygens (including phenoxy) is 1. The number of ketones is 1. The monoisotopic (exact) mass is 1660 g/mol. The molecule has 0 bridgehead atoms. The van der Waals surface area contributed by atoms with Gasteiger partial charge in [0.15, 0.2) is 11.5 Å². The first-order valence-electron chi connectivity index (χ1n) is 38.0. The second-order valence-electron chi connectivity index (χ2n) is 31.6. The Morgan fingerprint density at radius 1 is 0.652 bits per heavy atom. The van der Waals surface area contributed by atoms with Crippen LogP contribution >= 0.6 is 0 Å². The van der Waals surface area contributed by atoms with Crippen molar-refractivity contribution in [2.24, 2.45) is 5.41 Å². The molecule has 115 heavy (non-hydrogen) atoms. The quantitative estimate of drug-likeness (QED) is 0.0109. The van der Waals surface area contributed by atoms with Crippen LogP contribution in [0.1, 0.15) is 165 Å². The fourth-order valence-corrected chi connectivity index (χ4v) is 17.4. The molecule has 10 N–H and O–H groups in total. The number of anilines is 4. The molecule has 1 saturated carbocycles. The van der Waals surface area contributed by atoms with E-state index < -0.39 is 135 Å². The molecule has 10 rings (SSSR count). The van der Waals surface area contributed by atoms with Gasteiger partial charge in [0.25, 0.3) is 52.3 Å². The number of Topliss-reactive ketones (excluding diaryl/α,β-unsaturated/α-hetero) is 1. The maximum atomic E-state index is 14.6. The highest BCUT2D eigenvalue weighted by molar-refractivity contribution is 7.86. The van der Waals surface area contributed by atoms with Crippen LogP contribution in [0.2, 0.25) is 0 Å². The molecule has 5 aromatic rings. The van der Waals surface area contributed by atoms with Gasteiger partial charge in [-0.3, -0.25) is 37.4 Å². The van der Waals surface area contributed by atoms with Crippen LogP contribution in [0, 0.1) is 5.41 Å². The molecule has 34 heteroatoms. The van der Waals surface area contributed by atoms with Crippen LogP contribution in [0.4, 0.5) is 33.2 Å². The van der Waals surface area contributed by atoms with E-state index in [1.807, 2.05) is 73.6 Å². The molecule has 5 amide bonds. The standard InChI is InChI=1S/C81H98N8O22S4/c1-79(2,3)71(90)50-89-68-26-12-11-25-67(68)88(56-23-9-8-10-24-56)49-64(75(89)93)85-78(98)82-55-22-18-21-54(46-55)74(92)84-62(76(94)95)35-40-72(91)83-63(77(96)97)45-51-27-31-57(32-28-51)111-73-52(29-38-69-80(4,5)60-47-58(114(105,106)107)33-36-65(60)86(69)41-13-15-43-112(99,100)101)19-17-20-53(73)30-39-70-81(6,7)61-48-59(115(108,109)110)34-37-66(61)87(70)42-14-16-44-113(102,103)104/h11-12,18,21-22,25-34,36-39,46-48,56,62-64H,8-10,13-17,19-20,23-24,35,40-45,49-50H2,1-7H3,(H9-,82,83,84,85,91,92,94,95,96,97,98,99,100,101,102,103,104,105,106,107,108,109,110)/p+1. The molecule has 0 radical (unpaired) electrons. The topological polar surface area (TPSA) is 448 Å². The maximum Gasteiger partial charge on any atom is 0.326 e. The van der Waals surface area contributed by atoms with Gasteiger partial charge >= 0.3 is 18.0 Å². The average Bonchev–Trinajstić information content (AvgIpc) is 1.59. The fourth-order valence-electron chi connectivity index (χ4n) is 15.3. The Bertz CT molecular complexity index is 5270. The number of benzene rings is 5. The Balaban J connectivity index is 0.860. The summed E-state index contributed by atoms with van der Waals surface area (Å²) in [4.78, 5) is 99.7. The van der Waals surface area contributed by atoms with Gasteiger partial charge in [0.1, 0.15) is 36.2 Å². The summed E-state index contributed by atoms with van der Waals surface area (Å²) in [6.07, 6.45) is 12.9. The number of carbonyl (C=O) groups excluding carboxylic acids is 5. The van der Waals surface area contributed by atoms with E-state index in [2.05, 4.69) is 26.2 Å². The number of unbranched alkanes of at least 4 members (excludes halogenated alkanes) is 2. The molecule has 3 heterocycles. The SMILES string of the molecule is CC(C)(C)C(=O)CN1C(=O)C(NC(=O)Nc2cccc(C(=O)NC(CCC(=O)NC(Cc3ccc(OC4=C(C=CC5=[N+](CCCCS(=O)(=O)O)c6ccc(S(=O)(=O)O)cc6C5(C)C)CCCC4=CC=C4N(CCCCS(=O)(=O)O)c5ccc(S(=O)(=O)O)cc5C4(C)C)cc3)C(=O)O)C(=O)O)c2)CN(C2CCCCC2)c2ccccc21. The Morgan fingerprint density at radius 2 is 1.29 bits per heavy atom. The maximum absolute atomic E-state index is 14.6. The van der Waals surface area contributed by atoms with Crippen LogP contribution in [0.3, 0.4) is 0 Å². The van der Waals surface area contributed by atoms with Crippen LogP contribution in [-0.4, -0.2) is 176 Å². The van der Waals surface area contributed by atoms with Crippen molar-refractivity contribution in [3.63, 3.8) is 0 Å². The highest BCUT2D eigenvalue weighted by atomic mass is 32.2. The first-order valence-corrected chi connectivity index (χ1v) is 44.1. The number of nitrogens with one attached hydrogen (secondary N) is 4. The summed E-state index contributed by atoms with van der Waals surface area (Å²) in [6.45, 7) is 13.0. The number of hydrogen-bond acceptors (Lipinski definition) is 18. The molecule has 3 unspecified atom stereocenters. The van der Waals surface area contributed by atoms with Crippen molar-refractivity contribution in [2.75, 3.05) is 57.7 Å². The van der Waals surface area contributed by atoms with Crippen LogP contribution in [0.15, 0.2) is 166 Å². The van der Waals surface area contributed by atoms with Crippen LogP contribution < -0.4 is 40.7 Å². The van der Waals surface area contributed by atoms with E-state index in [-0.39, 0.29) is 96.9 Å². The van der Waals surface area contributed by atoms with Crippen molar-refractivity contribution in [1.29, 1.82) is 0 Å². The van der Waals surface area contributed by atoms with E-state index in [1.54, 1.807) is 69.3 Å². The van der Waals surface area contributed by atoms with Crippen molar-refractivity contribution in [3.05, 3.63) is 178 Å². The molecule has 2 aliphatic carbocycles. The summed E-state index contributed by atoms with van der Waals surface area (Å²) in [5, 5.41) is 31.1. The van der Waals surface area contributed by atoms with Gasteiger partial charge in [-0.25, -0.2) is 14.4 Å². The minimum atomic E-state index is -4.66. The molecule has 0 saturated heterocycles. The Morgan fingerprint density at radius 3 is 1.92 bits per heavy atom. The van der Waals surface area contributed by atoms with Crippen LogP contribution in [-0.2, 0) is 81.7 Å². The molecule has 5 aromatic carbocycles. The molecule has 618 valence electrons. The van der Waals surface area contributed by atoms with Crippen molar-refractivity contribution >= 4 is 116 Å². The highest BCUT2D eigenvalue weighted by Crippen LogP contribution is 2.50. The molecule has 0 spiro atoms. The largest absolute Gasteiger partial charge is 0.480 e. The first kappa shape index (κ1) is 87.4. The van der Waals surface area contributed by atoms with Gasteiger partial charge in [0.05, 0.1) is 44.6 Å². The molecular formula is C81H99N8O22S4+. The zero-order chi connectivity index (χ0) is 83.9. The number of nitrogens with zero attached hydrogens (tertiary/aromatic N) is 4. The summed E-state index contributed by atoms with van der Waals surface area (Å²) in [7, 11) is -17.9. The van der Waals surface area contributed by atoms with E-state index in [0.717, 1.165) is 37.8 Å². The van der Waals surface area contributed by atoms with E-state index in [1.165, 1.54) is 53.4 Å². The number of carboxylic acid groups (broad SMARTS) is 2. The normalized spacial score (nSPS) is 18.5. The molecule has 5 aliphatic rings. The molecule has 1 fully saturated rings. The summed E-state index contributed by atoms with van der Waals surface area (Å²) in [5.41, 5.74) is 3.88. The van der Waals surface area contributed by atoms with Crippen molar-refractivity contribution in [1.82, 2.24) is 16.0 Å². The first-order chi connectivity index (χ1) is 53.9. The lowest BCUT2D eigenvalue weighted by atomic mass is 9.81. The lowest BCUT2D eigenvalue weighted by Gasteiger charge is -2.37. The lowest BCUT2D eigenvalue weighted by Crippen LogP contribution is -2.55. The molecular weight excluding hydrogens is 1570 g/mol. The van der Waals surface area contributed by atoms with Crippen molar-refractivity contribution < 1.29 is 105 Å². The number of carboxylic acids is 2. The lowest BCUT2D eigenvalue weighted by molar-refractivity contribution is -0.438. The van der Waals surface area contributed by atoms with E-state index in [9.17, 15) is 95.7 Å². The Hall–Kier alpha value is -9.94. The van der Waals surface area contributed by atoms with Gasteiger partial charge in [-0.05, 0) is 179 Å². The number of rotatable bonds is 32. The van der Waals surface area contributed by atoms with Gasteiger partial charge in [-0.15, -0.1) is 0 Å². The zero-order valence-corrected chi connectivity index (χ0v) is 68.3. The van der Waals surface area contributed by atoms with Gasteiger partial charge in [-0.1, -0.05) is 90.3 Å². The van der Waals surface area contributed by atoms with Gasteiger partial charge in [-0.2, -0.15) is 38.2 Å². The number of fused-ring (bicyclic) bond motifs is 3. The minimum absolute atomic E-state index is 0.0630. The number of allylic oxidation sites excluding steroid dienone is 7. The minimum Gasteiger partial charge on any atom is -0.480 e. The fraction of sp³-hybridized carbons (Fsp3) is 0.432. The van der Waals surface area contributed by atoms with Crippen molar-refractivity contribution in [2.45, 2.75) is 190 Å². The second-order valence-corrected chi connectivity index (χ2v) is 37.6. The zero-order valence-electron chi connectivity index (χ0n) is 65.0. The molecule has 0 aromatic heterocycles. The third kappa shape index (κ3) is 22.0. The van der Waals surface area contributed by atoms with Crippen LogP contribution in [0.5, 0.6) is 5.75 Å². The van der Waals surface area contributed by atoms with Crippen molar-refractivity contribution in [3.8, 4) is 5.75 Å². The Kier molecular flexibility index (Phi) is 27.1. The third-order valence-corrected chi connectivity index (χ3v) is 24.8. The summed E-state index contributed by atoms with van der Waals surface area (Å²) in [5.74, 6) is -5.76. The molecule has 30 nitrogen and oxygen atoms in total. The second kappa shape index (κ2) is 35.7. The average molecular weight is 1660 g/mol. The number of aliphatic carboxylic acids is 2. The number of carbonyl (C=O) groups is 7. The van der Waals surface area contributed by atoms with Gasteiger partial charge in [0, 0.05) is 89.6 Å². The number of hydrogen-bond donors (Lipinski definition) is 10. The number of amides is 5. The number of urea groups is 1. The van der Waals surface area contributed by atoms with E-state index in [0.29, 0.717) is 81.3 Å². The summed E-state index contributed by atoms with van der Waals surface area (Å²) < 4.78 is 145. The third-order valence-electron chi connectivity index (χ3n) is 21.5. The van der Waals surface area contributed by atoms with Gasteiger partial charge in [0.2, 0.25) is 11.6 Å². The smallest absolute Gasteiger partial charge is 0.326 e. The van der Waals surface area contributed by atoms with E-state index in [4.69, 9.17) is 4.74 Å². The van der Waals surface area contributed by atoms with Gasteiger partial charge < -0.3 is 50.9 Å². The van der Waals surface area contributed by atoms with E-state index >= 15 is 0 Å². The summed E-state index contributed by atoms with van der Waals surface area (Å²) >= 11 is 0. The Labute approximate surface area is 669 Å². The molecule has 3 atom stereocenters. The predicted molar refractivity (Wildman–Crippen MR) is 432 cm³/mol. The predicted octanol–water partition coefficient (Wildman–Crippen LogP) is 10.6. The highest BCUT2D eigenvalue weighted by Gasteiger charge is 2.46.